The number of pyridine rings is 2. The Morgan fingerprint density at radius 1 is 1.07 bits per heavy atom. The number of hydrogen-bond acceptors (Lipinski definition) is 5. The minimum absolute atomic E-state index is 0.150. The van der Waals surface area contributed by atoms with E-state index < -0.39 is 23.1 Å². The van der Waals surface area contributed by atoms with Gasteiger partial charge in [0, 0.05) is 24.0 Å². The van der Waals surface area contributed by atoms with E-state index in [1.165, 1.54) is 18.3 Å². The molecular weight excluding hydrogens is 366 g/mol. The first-order chi connectivity index (χ1) is 13.6. The molecule has 8 heteroatoms. The summed E-state index contributed by atoms with van der Waals surface area (Å²) in [5, 5.41) is 6.44. The minimum atomic E-state index is -0.943. The molecule has 3 aromatic rings. The Bertz CT molecular complexity index is 973. The van der Waals surface area contributed by atoms with Crippen LogP contribution < -0.4 is 10.2 Å². The number of carbonyl (C=O) groups is 1. The number of nitrogens with zero attached hydrogens (tertiary/aromatic N) is 3. The van der Waals surface area contributed by atoms with Crippen LogP contribution in [0.5, 0.6) is 5.88 Å². The molecule has 28 heavy (non-hydrogen) atoms. The Labute approximate surface area is 159 Å². The van der Waals surface area contributed by atoms with E-state index in [-0.39, 0.29) is 5.82 Å². The van der Waals surface area contributed by atoms with Gasteiger partial charge in [-0.25, -0.2) is 18.7 Å². The number of anilines is 1. The summed E-state index contributed by atoms with van der Waals surface area (Å²) in [4.78, 5) is 25.5. The maximum Gasteiger partial charge on any atom is 0.262 e. The normalized spacial score (nSPS) is 11.2. The van der Waals surface area contributed by atoms with Crippen molar-refractivity contribution in [2.45, 2.75) is 13.3 Å². The molecule has 2 heterocycles. The summed E-state index contributed by atoms with van der Waals surface area (Å²) < 4.78 is 27.4. The largest absolute Gasteiger partial charge is 0.336 e. The Kier molecular flexibility index (Phi) is 6.01. The predicted molar refractivity (Wildman–Crippen MR) is 100 cm³/mol. The summed E-state index contributed by atoms with van der Waals surface area (Å²) in [5.74, 6) is -2.30. The Hall–Kier alpha value is -3.68. The van der Waals surface area contributed by atoms with E-state index in [1.54, 1.807) is 30.5 Å². The number of amides is 1. The average Bonchev–Trinajstić information content (AvgIpc) is 2.70. The lowest BCUT2D eigenvalue weighted by atomic mass is 10.1. The van der Waals surface area contributed by atoms with E-state index >= 15 is 0 Å². The van der Waals surface area contributed by atoms with E-state index in [1.807, 2.05) is 6.92 Å². The van der Waals surface area contributed by atoms with Gasteiger partial charge in [0.2, 0.25) is 5.88 Å². The van der Waals surface area contributed by atoms with Crippen LogP contribution in [0.4, 0.5) is 14.6 Å². The zero-order valence-corrected chi connectivity index (χ0v) is 14.9. The highest BCUT2D eigenvalue weighted by atomic mass is 19.1. The van der Waals surface area contributed by atoms with Crippen molar-refractivity contribution in [1.82, 2.24) is 9.97 Å². The maximum atomic E-state index is 13.7. The predicted octanol–water partition coefficient (Wildman–Crippen LogP) is 4.20. The van der Waals surface area contributed by atoms with Crippen molar-refractivity contribution in [3.05, 3.63) is 83.7 Å². The number of hydrogen-bond donors (Lipinski definition) is 1. The van der Waals surface area contributed by atoms with Crippen molar-refractivity contribution in [1.29, 1.82) is 0 Å². The summed E-state index contributed by atoms with van der Waals surface area (Å²) in [5.41, 5.74) is 0.637. The number of nitrogens with one attached hydrogen (secondary N) is 1. The van der Waals surface area contributed by atoms with Crippen molar-refractivity contribution in [2.75, 3.05) is 5.32 Å². The van der Waals surface area contributed by atoms with Crippen LogP contribution in [0.2, 0.25) is 0 Å². The molecule has 0 spiro atoms. The molecule has 0 bridgehead atoms. The van der Waals surface area contributed by atoms with Gasteiger partial charge in [-0.15, -0.1) is 0 Å². The second-order valence-corrected chi connectivity index (χ2v) is 5.63. The summed E-state index contributed by atoms with van der Waals surface area (Å²) in [7, 11) is 0. The second-order valence-electron chi connectivity index (χ2n) is 5.63. The van der Waals surface area contributed by atoms with E-state index in [0.717, 1.165) is 12.1 Å². The quantitative estimate of drug-likeness (QED) is 0.512. The molecular formula is C20H16F2N4O2. The lowest BCUT2D eigenvalue weighted by Gasteiger charge is -2.08. The number of rotatable bonds is 6. The third-order valence-electron chi connectivity index (χ3n) is 3.75. The monoisotopic (exact) mass is 382 g/mol. The number of aromatic nitrogens is 2. The third kappa shape index (κ3) is 4.53. The number of carbonyl (C=O) groups excluding carboxylic acids is 1. The molecule has 3 rings (SSSR count). The molecule has 1 amide bonds. The minimum Gasteiger partial charge on any atom is -0.336 e. The summed E-state index contributed by atoms with van der Waals surface area (Å²) in [6.45, 7) is 1.90. The molecule has 0 fully saturated rings. The van der Waals surface area contributed by atoms with E-state index in [4.69, 9.17) is 4.84 Å². The molecule has 0 atom stereocenters. The van der Waals surface area contributed by atoms with Gasteiger partial charge in [-0.1, -0.05) is 24.2 Å². The standard InChI is InChI=1S/C20H16F2N4O2/c1-2-16(26-28-18-8-3-4-11-23-18)13-9-10-17(24-12-13)25-20(27)19-14(21)6-5-7-15(19)22/h3-12H,2H2,1H3,(H,24,25,27). The fraction of sp³-hybridized carbons (Fsp3) is 0.100. The van der Waals surface area contributed by atoms with E-state index in [0.29, 0.717) is 23.6 Å². The fourth-order valence-corrected chi connectivity index (χ4v) is 2.36. The second kappa shape index (κ2) is 8.81. The van der Waals surface area contributed by atoms with Gasteiger partial charge >= 0.3 is 0 Å². The molecule has 1 aromatic carbocycles. The number of halogens is 2. The van der Waals surface area contributed by atoms with Gasteiger partial charge in [0.05, 0.1) is 5.71 Å². The van der Waals surface area contributed by atoms with Gasteiger partial charge in [0.15, 0.2) is 0 Å². The lowest BCUT2D eigenvalue weighted by Crippen LogP contribution is -2.16. The Morgan fingerprint density at radius 2 is 1.86 bits per heavy atom. The maximum absolute atomic E-state index is 13.7. The van der Waals surface area contributed by atoms with Crippen LogP contribution in [-0.4, -0.2) is 21.6 Å². The highest BCUT2D eigenvalue weighted by molar-refractivity contribution is 6.04. The summed E-state index contributed by atoms with van der Waals surface area (Å²) >= 11 is 0. The van der Waals surface area contributed by atoms with Crippen molar-refractivity contribution in [3.8, 4) is 5.88 Å². The first-order valence-corrected chi connectivity index (χ1v) is 8.45. The van der Waals surface area contributed by atoms with Gasteiger partial charge in [-0.05, 0) is 36.8 Å². The molecule has 2 aromatic heterocycles. The van der Waals surface area contributed by atoms with Crippen molar-refractivity contribution in [2.24, 2.45) is 5.16 Å². The van der Waals surface area contributed by atoms with Crippen molar-refractivity contribution >= 4 is 17.4 Å². The Morgan fingerprint density at radius 3 is 2.46 bits per heavy atom. The molecule has 142 valence electrons. The average molecular weight is 382 g/mol. The van der Waals surface area contributed by atoms with Crippen LogP contribution in [0.25, 0.3) is 0 Å². The Balaban J connectivity index is 1.72. The van der Waals surface area contributed by atoms with Gasteiger partial charge in [0.25, 0.3) is 5.91 Å². The van der Waals surface area contributed by atoms with Crippen LogP contribution in [0.1, 0.15) is 29.3 Å². The van der Waals surface area contributed by atoms with E-state index in [9.17, 15) is 13.6 Å². The van der Waals surface area contributed by atoms with Gasteiger partial charge in [-0.2, -0.15) is 0 Å². The van der Waals surface area contributed by atoms with Gasteiger partial charge in [0.1, 0.15) is 23.0 Å². The molecule has 1 N–H and O–H groups in total. The number of benzene rings is 1. The van der Waals surface area contributed by atoms with Crippen LogP contribution in [0.3, 0.4) is 0 Å². The zero-order valence-electron chi connectivity index (χ0n) is 14.9. The molecule has 0 saturated carbocycles. The molecule has 0 aliphatic rings. The first kappa shape index (κ1) is 19.1. The van der Waals surface area contributed by atoms with Crippen LogP contribution in [-0.2, 0) is 0 Å². The lowest BCUT2D eigenvalue weighted by molar-refractivity contribution is 0.101. The smallest absolute Gasteiger partial charge is 0.262 e. The first-order valence-electron chi connectivity index (χ1n) is 8.45. The molecule has 0 unspecified atom stereocenters. The molecule has 6 nitrogen and oxygen atoms in total. The van der Waals surface area contributed by atoms with E-state index in [2.05, 4.69) is 20.4 Å². The third-order valence-corrected chi connectivity index (χ3v) is 3.75. The highest BCUT2D eigenvalue weighted by Gasteiger charge is 2.17. The van der Waals surface area contributed by atoms with Crippen molar-refractivity contribution < 1.29 is 18.4 Å². The van der Waals surface area contributed by atoms with Gasteiger partial charge < -0.3 is 10.2 Å². The highest BCUT2D eigenvalue weighted by Crippen LogP contribution is 2.15. The van der Waals surface area contributed by atoms with Crippen LogP contribution >= 0.6 is 0 Å². The summed E-state index contributed by atoms with van der Waals surface area (Å²) in [6.07, 6.45) is 3.64. The zero-order chi connectivity index (χ0) is 19.9. The topological polar surface area (TPSA) is 76.5 Å². The molecule has 0 radical (unpaired) electrons. The molecule has 0 saturated heterocycles. The fourth-order valence-electron chi connectivity index (χ4n) is 2.36. The van der Waals surface area contributed by atoms with Crippen molar-refractivity contribution in [3.63, 3.8) is 0 Å². The SMILES string of the molecule is CCC(=NOc1ccccn1)c1ccc(NC(=O)c2c(F)cccc2F)nc1. The van der Waals surface area contributed by atoms with Gasteiger partial charge in [-0.3, -0.25) is 4.79 Å². The number of oxime groups is 1. The molecule has 0 aliphatic heterocycles. The molecule has 0 aliphatic carbocycles. The summed E-state index contributed by atoms with van der Waals surface area (Å²) in [6, 6.07) is 11.6. The van der Waals surface area contributed by atoms with Crippen LogP contribution in [0.15, 0.2) is 66.1 Å². The van der Waals surface area contributed by atoms with Crippen LogP contribution in [0, 0.1) is 11.6 Å².